The van der Waals surface area contributed by atoms with Gasteiger partial charge in [-0.3, -0.25) is 4.79 Å². The van der Waals surface area contributed by atoms with E-state index in [1.165, 1.54) is 27.8 Å². The van der Waals surface area contributed by atoms with Gasteiger partial charge in [0.25, 0.3) is 15.9 Å². The van der Waals surface area contributed by atoms with Crippen LogP contribution in [-0.4, -0.2) is 50.0 Å². The molecule has 1 aliphatic heterocycles. The van der Waals surface area contributed by atoms with Crippen LogP contribution in [0.5, 0.6) is 0 Å². The molecule has 0 bridgehead atoms. The molecule has 12 heteroatoms. The lowest BCUT2D eigenvalue weighted by Gasteiger charge is -2.29. The molecule has 3 aromatic rings. The SMILES string of the molecule is COCCn1c(=NC(=O)C2CCCN(S(=O)(=O)c3ccc(Cl)s3)C2)sc2cccc(F)c21. The number of hydrogen-bond donors (Lipinski definition) is 0. The van der Waals surface area contributed by atoms with Crippen molar-refractivity contribution in [2.24, 2.45) is 10.9 Å². The summed E-state index contributed by atoms with van der Waals surface area (Å²) < 4.78 is 49.6. The van der Waals surface area contributed by atoms with E-state index in [4.69, 9.17) is 16.3 Å². The first kappa shape index (κ1) is 23.5. The predicted octanol–water partition coefficient (Wildman–Crippen LogP) is 3.73. The summed E-state index contributed by atoms with van der Waals surface area (Å²) >= 11 is 8.11. The van der Waals surface area contributed by atoms with Crippen molar-refractivity contribution in [3.63, 3.8) is 0 Å². The Labute approximate surface area is 197 Å². The van der Waals surface area contributed by atoms with Crippen LogP contribution in [0.3, 0.4) is 0 Å². The maximum absolute atomic E-state index is 14.5. The molecule has 1 saturated heterocycles. The van der Waals surface area contributed by atoms with Gasteiger partial charge in [-0.2, -0.15) is 9.30 Å². The van der Waals surface area contributed by atoms with Gasteiger partial charge in [-0.25, -0.2) is 12.8 Å². The van der Waals surface area contributed by atoms with Gasteiger partial charge in [0.1, 0.15) is 10.0 Å². The van der Waals surface area contributed by atoms with Crippen molar-refractivity contribution < 1.29 is 22.3 Å². The van der Waals surface area contributed by atoms with E-state index in [1.807, 2.05) is 0 Å². The van der Waals surface area contributed by atoms with E-state index >= 15 is 0 Å². The molecule has 0 N–H and O–H groups in total. The van der Waals surface area contributed by atoms with Crippen LogP contribution < -0.4 is 4.80 Å². The number of benzene rings is 1. The minimum absolute atomic E-state index is 0.0531. The Morgan fingerprint density at radius 2 is 2.12 bits per heavy atom. The third kappa shape index (κ3) is 4.68. The summed E-state index contributed by atoms with van der Waals surface area (Å²) in [4.78, 5) is 17.7. The van der Waals surface area contributed by atoms with Crippen LogP contribution in [0.4, 0.5) is 4.39 Å². The lowest BCUT2D eigenvalue weighted by molar-refractivity contribution is -0.122. The molecular formula is C20H21ClFN3O4S3. The lowest BCUT2D eigenvalue weighted by atomic mass is 9.99. The monoisotopic (exact) mass is 517 g/mol. The number of carbonyl (C=O) groups is 1. The molecule has 172 valence electrons. The van der Waals surface area contributed by atoms with Gasteiger partial charge >= 0.3 is 0 Å². The summed E-state index contributed by atoms with van der Waals surface area (Å²) in [5.74, 6) is -1.37. The lowest BCUT2D eigenvalue weighted by Crippen LogP contribution is -2.42. The van der Waals surface area contributed by atoms with Gasteiger partial charge in [-0.1, -0.05) is 29.0 Å². The number of methoxy groups -OCH3 is 1. The number of amides is 1. The van der Waals surface area contributed by atoms with E-state index < -0.39 is 27.7 Å². The molecule has 1 aliphatic rings. The second kappa shape index (κ2) is 9.70. The number of hydrogen-bond acceptors (Lipinski definition) is 6. The maximum atomic E-state index is 14.5. The molecule has 1 amide bonds. The molecule has 0 aliphatic carbocycles. The van der Waals surface area contributed by atoms with Crippen molar-refractivity contribution in [2.75, 3.05) is 26.8 Å². The van der Waals surface area contributed by atoms with Crippen molar-refractivity contribution in [1.29, 1.82) is 0 Å². The molecular weight excluding hydrogens is 497 g/mol. The number of halogens is 2. The number of ether oxygens (including phenoxy) is 1. The number of thiazole rings is 1. The van der Waals surface area contributed by atoms with Crippen molar-refractivity contribution in [2.45, 2.75) is 23.6 Å². The molecule has 1 atom stereocenters. The number of fused-ring (bicyclic) bond motifs is 1. The standard InChI is InChI=1S/C20H21ClFN3O4S3/c1-29-11-10-25-18-14(22)5-2-6-15(18)30-20(25)23-19(26)13-4-3-9-24(12-13)32(27,28)17-8-7-16(21)31-17/h2,5-8,13H,3-4,9-12H2,1H3. The Bertz CT molecular complexity index is 1320. The molecule has 0 spiro atoms. The molecule has 32 heavy (non-hydrogen) atoms. The fraction of sp³-hybridized carbons (Fsp3) is 0.400. The molecule has 1 aromatic carbocycles. The topological polar surface area (TPSA) is 81.0 Å². The van der Waals surface area contributed by atoms with Gasteiger partial charge < -0.3 is 9.30 Å². The summed E-state index contributed by atoms with van der Waals surface area (Å²) in [5.41, 5.74) is 0.378. The molecule has 2 aromatic heterocycles. The minimum atomic E-state index is -3.72. The van der Waals surface area contributed by atoms with Crippen LogP contribution in [-0.2, 0) is 26.1 Å². The average molecular weight is 518 g/mol. The third-order valence-electron chi connectivity index (χ3n) is 5.25. The molecule has 3 heterocycles. The maximum Gasteiger partial charge on any atom is 0.252 e. The Morgan fingerprint density at radius 3 is 2.84 bits per heavy atom. The van der Waals surface area contributed by atoms with Crippen molar-refractivity contribution in [1.82, 2.24) is 8.87 Å². The first-order chi connectivity index (χ1) is 15.3. The fourth-order valence-electron chi connectivity index (χ4n) is 3.67. The average Bonchev–Trinajstić information content (AvgIpc) is 3.37. The first-order valence-corrected chi connectivity index (χ1v) is 13.4. The van der Waals surface area contributed by atoms with Crippen LogP contribution in [0.1, 0.15) is 12.8 Å². The van der Waals surface area contributed by atoms with Gasteiger partial charge in [-0.05, 0) is 37.1 Å². The van der Waals surface area contributed by atoms with E-state index in [2.05, 4.69) is 4.99 Å². The minimum Gasteiger partial charge on any atom is -0.383 e. The highest BCUT2D eigenvalue weighted by molar-refractivity contribution is 7.91. The fourth-order valence-corrected chi connectivity index (χ4v) is 7.91. The zero-order valence-electron chi connectivity index (χ0n) is 17.2. The largest absolute Gasteiger partial charge is 0.383 e. The molecule has 7 nitrogen and oxygen atoms in total. The Kier molecular flexibility index (Phi) is 7.13. The van der Waals surface area contributed by atoms with Crippen molar-refractivity contribution >= 4 is 60.4 Å². The first-order valence-electron chi connectivity index (χ1n) is 9.92. The van der Waals surface area contributed by atoms with E-state index in [0.29, 0.717) is 51.9 Å². The zero-order chi connectivity index (χ0) is 22.9. The molecule has 4 rings (SSSR count). The highest BCUT2D eigenvalue weighted by Gasteiger charge is 2.34. The van der Waals surface area contributed by atoms with Crippen LogP contribution in [0, 0.1) is 11.7 Å². The summed E-state index contributed by atoms with van der Waals surface area (Å²) in [6.45, 7) is 1.06. The zero-order valence-corrected chi connectivity index (χ0v) is 20.4. The number of thiophene rings is 1. The van der Waals surface area contributed by atoms with Crippen LogP contribution in [0.2, 0.25) is 4.34 Å². The smallest absolute Gasteiger partial charge is 0.252 e. The number of piperidine rings is 1. The van der Waals surface area contributed by atoms with Crippen LogP contribution in [0.15, 0.2) is 39.5 Å². The van der Waals surface area contributed by atoms with Gasteiger partial charge in [0.15, 0.2) is 4.80 Å². The number of rotatable bonds is 6. The summed E-state index contributed by atoms with van der Waals surface area (Å²) in [6, 6.07) is 7.77. The Balaban J connectivity index is 1.63. The highest BCUT2D eigenvalue weighted by atomic mass is 35.5. The number of carbonyl (C=O) groups excluding carboxylic acids is 1. The summed E-state index contributed by atoms with van der Waals surface area (Å²) in [6.07, 6.45) is 1.09. The second-order valence-electron chi connectivity index (χ2n) is 7.33. The van der Waals surface area contributed by atoms with Gasteiger partial charge in [0.2, 0.25) is 0 Å². The van der Waals surface area contributed by atoms with Gasteiger partial charge in [-0.15, -0.1) is 11.3 Å². The van der Waals surface area contributed by atoms with E-state index in [9.17, 15) is 17.6 Å². The van der Waals surface area contributed by atoms with Crippen LogP contribution in [0.25, 0.3) is 10.2 Å². The van der Waals surface area contributed by atoms with Crippen molar-refractivity contribution in [3.8, 4) is 0 Å². The number of nitrogens with zero attached hydrogens (tertiary/aromatic N) is 3. The molecule has 1 unspecified atom stereocenters. The number of sulfonamides is 1. The van der Waals surface area contributed by atoms with Crippen LogP contribution >= 0.6 is 34.3 Å². The summed E-state index contributed by atoms with van der Waals surface area (Å²) in [5, 5.41) is 0. The van der Waals surface area contributed by atoms with Gasteiger partial charge in [0, 0.05) is 26.7 Å². The second-order valence-corrected chi connectivity index (χ2v) is 12.2. The summed E-state index contributed by atoms with van der Waals surface area (Å²) in [7, 11) is -2.18. The highest BCUT2D eigenvalue weighted by Crippen LogP contribution is 2.31. The Morgan fingerprint density at radius 1 is 1.31 bits per heavy atom. The quantitative estimate of drug-likeness (QED) is 0.499. The number of aromatic nitrogens is 1. The third-order valence-corrected chi connectivity index (χ3v) is 9.86. The van der Waals surface area contributed by atoms with E-state index in [0.717, 1.165) is 11.3 Å². The normalized spacial score (nSPS) is 18.5. The molecule has 1 fully saturated rings. The van der Waals surface area contributed by atoms with E-state index in [-0.39, 0.29) is 10.8 Å². The Hall–Kier alpha value is -1.63. The molecule has 0 radical (unpaired) electrons. The van der Waals surface area contributed by atoms with Crippen molar-refractivity contribution in [3.05, 3.63) is 45.3 Å². The predicted molar refractivity (Wildman–Crippen MR) is 123 cm³/mol. The number of para-hydroxylation sites is 1. The van der Waals surface area contributed by atoms with E-state index in [1.54, 1.807) is 29.9 Å². The molecule has 0 saturated carbocycles. The van der Waals surface area contributed by atoms with Gasteiger partial charge in [0.05, 0.1) is 27.1 Å².